The Bertz CT molecular complexity index is 980. The molecule has 1 N–H and O–H groups in total. The van der Waals surface area contributed by atoms with Crippen molar-refractivity contribution < 1.29 is 4.79 Å². The van der Waals surface area contributed by atoms with Gasteiger partial charge < -0.3 is 5.32 Å². The zero-order valence-electron chi connectivity index (χ0n) is 15.7. The molecule has 0 spiro atoms. The predicted octanol–water partition coefficient (Wildman–Crippen LogP) is 4.37. The Morgan fingerprint density at radius 3 is 2.50 bits per heavy atom. The highest BCUT2D eigenvalue weighted by atomic mass is 32.1. The number of hydrogen-bond acceptors (Lipinski definition) is 4. The van der Waals surface area contributed by atoms with E-state index < -0.39 is 0 Å². The van der Waals surface area contributed by atoms with Gasteiger partial charge in [-0.05, 0) is 24.0 Å². The number of anilines is 1. The average Bonchev–Trinajstić information content (AvgIpc) is 3.45. The number of fused-ring (bicyclic) bond motifs is 1. The second-order valence-corrected chi connectivity index (χ2v) is 8.82. The maximum Gasteiger partial charge on any atom is 0.236 e. The number of amides is 1. The van der Waals surface area contributed by atoms with E-state index in [1.54, 1.807) is 11.3 Å². The molecule has 5 heteroatoms. The molecule has 1 fully saturated rings. The molecule has 142 valence electrons. The summed E-state index contributed by atoms with van der Waals surface area (Å²) < 4.78 is 0. The van der Waals surface area contributed by atoms with E-state index in [1.807, 2.05) is 18.2 Å². The summed E-state index contributed by atoms with van der Waals surface area (Å²) in [5.74, 6) is 0.0888. The first kappa shape index (κ1) is 17.6. The lowest BCUT2D eigenvalue weighted by Gasteiger charge is -2.25. The molecule has 0 bridgehead atoms. The van der Waals surface area contributed by atoms with Crippen LogP contribution in [0.2, 0.25) is 0 Å². The molecule has 1 amide bonds. The van der Waals surface area contributed by atoms with Gasteiger partial charge in [0.1, 0.15) is 0 Å². The van der Waals surface area contributed by atoms with Gasteiger partial charge >= 0.3 is 0 Å². The predicted molar refractivity (Wildman–Crippen MR) is 112 cm³/mol. The first-order valence-corrected chi connectivity index (χ1v) is 10.7. The third kappa shape index (κ3) is 3.36. The second kappa shape index (κ2) is 7.15. The van der Waals surface area contributed by atoms with Crippen LogP contribution in [0.4, 0.5) is 5.13 Å². The summed E-state index contributed by atoms with van der Waals surface area (Å²) >= 11 is 1.63. The fourth-order valence-electron chi connectivity index (χ4n) is 4.02. The average molecular weight is 390 g/mol. The standard InChI is InChI=1S/C23H23N3OS/c27-21(23(12-13-23)18-9-5-2-6-10-18)25-22-24-19-11-14-26(16-20(19)28-22)15-17-7-3-1-4-8-17/h1-10H,11-16H2,(H,24,25,27). The van der Waals surface area contributed by atoms with E-state index in [0.29, 0.717) is 0 Å². The number of benzene rings is 2. The van der Waals surface area contributed by atoms with E-state index in [4.69, 9.17) is 4.98 Å². The summed E-state index contributed by atoms with van der Waals surface area (Å²) in [4.78, 5) is 21.4. The highest BCUT2D eigenvalue weighted by Crippen LogP contribution is 2.49. The molecule has 2 heterocycles. The van der Waals surface area contributed by atoms with Crippen molar-refractivity contribution in [2.45, 2.75) is 37.8 Å². The van der Waals surface area contributed by atoms with Crippen LogP contribution >= 0.6 is 11.3 Å². The van der Waals surface area contributed by atoms with Crippen molar-refractivity contribution in [1.29, 1.82) is 0 Å². The number of nitrogens with zero attached hydrogens (tertiary/aromatic N) is 2. The third-order valence-electron chi connectivity index (χ3n) is 5.79. The van der Waals surface area contributed by atoms with Gasteiger partial charge in [0.25, 0.3) is 0 Å². The molecule has 3 aromatic rings. The van der Waals surface area contributed by atoms with Gasteiger partial charge in [0.15, 0.2) is 5.13 Å². The molecule has 5 rings (SSSR count). The molecule has 2 aliphatic rings. The van der Waals surface area contributed by atoms with Gasteiger partial charge in [0.2, 0.25) is 5.91 Å². The van der Waals surface area contributed by atoms with Crippen LogP contribution in [-0.4, -0.2) is 22.3 Å². The first-order valence-electron chi connectivity index (χ1n) is 9.85. The molecular weight excluding hydrogens is 366 g/mol. The van der Waals surface area contributed by atoms with E-state index >= 15 is 0 Å². The number of nitrogens with one attached hydrogen (secondary N) is 1. The molecule has 28 heavy (non-hydrogen) atoms. The number of carbonyl (C=O) groups excluding carboxylic acids is 1. The Morgan fingerprint density at radius 2 is 1.79 bits per heavy atom. The molecule has 1 aliphatic carbocycles. The molecular formula is C23H23N3OS. The highest BCUT2D eigenvalue weighted by molar-refractivity contribution is 7.15. The van der Waals surface area contributed by atoms with Crippen LogP contribution in [0.1, 0.15) is 34.5 Å². The minimum Gasteiger partial charge on any atom is -0.301 e. The largest absolute Gasteiger partial charge is 0.301 e. The van der Waals surface area contributed by atoms with Gasteiger partial charge in [-0.25, -0.2) is 4.98 Å². The van der Waals surface area contributed by atoms with Gasteiger partial charge in [-0.3, -0.25) is 9.69 Å². The topological polar surface area (TPSA) is 45.2 Å². The van der Waals surface area contributed by atoms with Crippen molar-refractivity contribution in [3.05, 3.63) is 82.4 Å². The fraction of sp³-hybridized carbons (Fsp3) is 0.304. The Balaban J connectivity index is 1.27. The fourth-order valence-corrected chi connectivity index (χ4v) is 5.07. The summed E-state index contributed by atoms with van der Waals surface area (Å²) in [5.41, 5.74) is 3.24. The molecule has 0 saturated heterocycles. The number of aromatic nitrogens is 1. The zero-order valence-corrected chi connectivity index (χ0v) is 16.5. The third-order valence-corrected chi connectivity index (χ3v) is 6.79. The summed E-state index contributed by atoms with van der Waals surface area (Å²) in [7, 11) is 0. The normalized spacial score (nSPS) is 17.7. The maximum atomic E-state index is 13.0. The number of thiazole rings is 1. The number of carbonyl (C=O) groups is 1. The Kier molecular flexibility index (Phi) is 4.49. The van der Waals surface area contributed by atoms with Crippen LogP contribution in [0, 0.1) is 0 Å². The van der Waals surface area contributed by atoms with Gasteiger partial charge in [0.05, 0.1) is 11.1 Å². The van der Waals surface area contributed by atoms with Crippen molar-refractivity contribution in [1.82, 2.24) is 9.88 Å². The summed E-state index contributed by atoms with van der Waals surface area (Å²) in [6.45, 7) is 2.87. The molecule has 0 unspecified atom stereocenters. The van der Waals surface area contributed by atoms with Crippen LogP contribution < -0.4 is 5.32 Å². The second-order valence-electron chi connectivity index (χ2n) is 7.74. The van der Waals surface area contributed by atoms with Gasteiger partial charge in [-0.15, -0.1) is 11.3 Å². The Labute approximate surface area is 169 Å². The lowest BCUT2D eigenvalue weighted by Crippen LogP contribution is -2.29. The molecule has 1 saturated carbocycles. The monoisotopic (exact) mass is 389 g/mol. The van der Waals surface area contributed by atoms with Crippen molar-refractivity contribution in [3.8, 4) is 0 Å². The first-order chi connectivity index (χ1) is 13.7. The lowest BCUT2D eigenvalue weighted by atomic mass is 9.95. The minimum absolute atomic E-state index is 0.0888. The summed E-state index contributed by atoms with van der Waals surface area (Å²) in [6, 6.07) is 20.7. The van der Waals surface area contributed by atoms with Crippen LogP contribution in [0.5, 0.6) is 0 Å². The van der Waals surface area contributed by atoms with Crippen LogP contribution in [0.3, 0.4) is 0 Å². The van der Waals surface area contributed by atoms with Crippen molar-refractivity contribution >= 4 is 22.4 Å². The minimum atomic E-state index is -0.354. The highest BCUT2D eigenvalue weighted by Gasteiger charge is 2.51. The van der Waals surface area contributed by atoms with E-state index in [9.17, 15) is 4.79 Å². The summed E-state index contributed by atoms with van der Waals surface area (Å²) in [5, 5.41) is 3.86. The molecule has 0 atom stereocenters. The number of rotatable bonds is 5. The van der Waals surface area contributed by atoms with E-state index in [-0.39, 0.29) is 11.3 Å². The van der Waals surface area contributed by atoms with Crippen molar-refractivity contribution in [3.63, 3.8) is 0 Å². The maximum absolute atomic E-state index is 13.0. The molecule has 1 aliphatic heterocycles. The number of hydrogen-bond donors (Lipinski definition) is 1. The lowest BCUT2D eigenvalue weighted by molar-refractivity contribution is -0.118. The molecule has 1 aromatic heterocycles. The van der Waals surface area contributed by atoms with E-state index in [1.165, 1.54) is 10.4 Å². The van der Waals surface area contributed by atoms with Crippen LogP contribution in [0.15, 0.2) is 60.7 Å². The molecule has 4 nitrogen and oxygen atoms in total. The van der Waals surface area contributed by atoms with Crippen molar-refractivity contribution in [2.24, 2.45) is 0 Å². The smallest absolute Gasteiger partial charge is 0.236 e. The van der Waals surface area contributed by atoms with Gasteiger partial charge in [0, 0.05) is 30.9 Å². The van der Waals surface area contributed by atoms with Crippen molar-refractivity contribution in [2.75, 3.05) is 11.9 Å². The van der Waals surface area contributed by atoms with E-state index in [0.717, 1.165) is 55.3 Å². The van der Waals surface area contributed by atoms with Gasteiger partial charge in [-0.1, -0.05) is 60.7 Å². The molecule has 0 radical (unpaired) electrons. The SMILES string of the molecule is O=C(Nc1nc2c(s1)CN(Cc1ccccc1)CC2)C1(c2ccccc2)CC1. The van der Waals surface area contributed by atoms with Crippen LogP contribution in [-0.2, 0) is 29.7 Å². The van der Waals surface area contributed by atoms with Gasteiger partial charge in [-0.2, -0.15) is 0 Å². The Hall–Kier alpha value is -2.50. The van der Waals surface area contributed by atoms with Crippen LogP contribution in [0.25, 0.3) is 0 Å². The van der Waals surface area contributed by atoms with E-state index in [2.05, 4.69) is 52.7 Å². The molecule has 2 aromatic carbocycles. The summed E-state index contributed by atoms with van der Waals surface area (Å²) in [6.07, 6.45) is 2.77. The Morgan fingerprint density at radius 1 is 1.07 bits per heavy atom. The zero-order chi connectivity index (χ0) is 19.0. The quantitative estimate of drug-likeness (QED) is 0.705.